The quantitative estimate of drug-likeness (QED) is 0.466. The van der Waals surface area contributed by atoms with Gasteiger partial charge in [-0.3, -0.25) is 4.79 Å². The number of Topliss-reactive ketones (excluding diaryl/α,β-unsaturated/α-hetero) is 1. The molecule has 10 atom stereocenters. The van der Waals surface area contributed by atoms with Gasteiger partial charge in [0.15, 0.2) is 0 Å². The van der Waals surface area contributed by atoms with Crippen molar-refractivity contribution in [1.82, 2.24) is 5.32 Å². The zero-order valence-electron chi connectivity index (χ0n) is 21.1. The van der Waals surface area contributed by atoms with Crippen LogP contribution in [0.2, 0.25) is 0 Å². The second-order valence-corrected chi connectivity index (χ2v) is 13.6. The molecule has 0 radical (unpaired) electrons. The number of ketones is 1. The van der Waals surface area contributed by atoms with E-state index in [1.807, 2.05) is 5.57 Å². The third-order valence-electron chi connectivity index (χ3n) is 12.1. The molecule has 1 spiro atoms. The van der Waals surface area contributed by atoms with Crippen molar-refractivity contribution in [2.45, 2.75) is 117 Å². The Morgan fingerprint density at radius 2 is 1.88 bits per heavy atom. The molecular formula is C29H45NO2. The van der Waals surface area contributed by atoms with Crippen LogP contribution in [0.3, 0.4) is 0 Å². The van der Waals surface area contributed by atoms with Gasteiger partial charge in [0.2, 0.25) is 0 Å². The average molecular weight is 440 g/mol. The number of ether oxygens (including phenoxy) is 1. The molecule has 3 saturated carbocycles. The largest absolute Gasteiger partial charge is 0.369 e. The molecule has 32 heavy (non-hydrogen) atoms. The molecule has 178 valence electrons. The van der Waals surface area contributed by atoms with Crippen LogP contribution in [-0.4, -0.2) is 30.1 Å². The molecule has 2 saturated heterocycles. The first kappa shape index (κ1) is 21.8. The fourth-order valence-electron chi connectivity index (χ4n) is 9.97. The number of hydrogen-bond donors (Lipinski definition) is 1. The minimum absolute atomic E-state index is 0.0493. The molecule has 0 aromatic heterocycles. The van der Waals surface area contributed by atoms with Gasteiger partial charge in [0, 0.05) is 24.8 Å². The van der Waals surface area contributed by atoms with Crippen molar-refractivity contribution in [1.29, 1.82) is 0 Å². The number of piperidine rings is 1. The first-order valence-corrected chi connectivity index (χ1v) is 13.8. The number of rotatable bonds is 0. The summed E-state index contributed by atoms with van der Waals surface area (Å²) in [4.78, 5) is 12.4. The van der Waals surface area contributed by atoms with Crippen molar-refractivity contribution in [3.05, 3.63) is 11.1 Å². The topological polar surface area (TPSA) is 38.3 Å². The Balaban J connectivity index is 1.29. The number of carbonyl (C=O) groups is 1. The predicted octanol–water partition coefficient (Wildman–Crippen LogP) is 6.07. The van der Waals surface area contributed by atoms with E-state index < -0.39 is 0 Å². The van der Waals surface area contributed by atoms with Crippen LogP contribution in [-0.2, 0) is 9.53 Å². The second kappa shape index (κ2) is 7.17. The third kappa shape index (κ3) is 2.88. The molecule has 6 aliphatic rings. The van der Waals surface area contributed by atoms with Gasteiger partial charge in [-0.05, 0) is 99.3 Å². The molecule has 1 N–H and O–H groups in total. The highest BCUT2D eigenvalue weighted by Crippen LogP contribution is 2.68. The number of hydrogen-bond acceptors (Lipinski definition) is 3. The molecule has 0 amide bonds. The van der Waals surface area contributed by atoms with Gasteiger partial charge in [-0.2, -0.15) is 0 Å². The lowest BCUT2D eigenvalue weighted by molar-refractivity contribution is -0.142. The SMILES string of the molecule is CC1=C2C[C@H]3[C@@H](CCC4(C)CC(=O)CC[C@]34C)[C@@H]2CC[C@@]2(C1)O[C@@H]1C[C@H](C)CN[C@H]1[C@H]2C. The maximum absolute atomic E-state index is 12.4. The Morgan fingerprint density at radius 1 is 1.06 bits per heavy atom. The summed E-state index contributed by atoms with van der Waals surface area (Å²) in [5.41, 5.74) is 4.09. The lowest BCUT2D eigenvalue weighted by Crippen LogP contribution is -2.52. The fraction of sp³-hybridized carbons (Fsp3) is 0.897. The molecule has 6 rings (SSSR count). The van der Waals surface area contributed by atoms with Crippen LogP contribution in [0.1, 0.15) is 98.8 Å². The molecule has 2 aliphatic heterocycles. The Hall–Kier alpha value is -0.670. The van der Waals surface area contributed by atoms with Gasteiger partial charge in [-0.25, -0.2) is 0 Å². The van der Waals surface area contributed by atoms with E-state index in [9.17, 15) is 4.79 Å². The standard InChI is InChI=1S/C29H45NO2/c1-17-12-25-26(30-16-17)19(3)29(32-25)11-8-21-22-7-9-27(4)15-20(31)6-10-28(27,5)24(22)13-23(21)18(2)14-29/h17,19,21-22,24-26,30H,6-16H2,1-5H3/t17-,19+,21-,22-,24-,25+,26-,27?,28+,29-/m0/s1. The van der Waals surface area contributed by atoms with Gasteiger partial charge in [-0.1, -0.05) is 38.8 Å². The average Bonchev–Trinajstić information content (AvgIpc) is 3.19. The Labute approximate surface area is 195 Å². The normalized spacial score (nSPS) is 55.3. The van der Waals surface area contributed by atoms with Crippen LogP contribution in [0.15, 0.2) is 11.1 Å². The van der Waals surface area contributed by atoms with Crippen molar-refractivity contribution in [3.8, 4) is 0 Å². The molecule has 1 unspecified atom stereocenters. The summed E-state index contributed by atoms with van der Waals surface area (Å²) in [6.07, 6.45) is 12.0. The molecule has 0 bridgehead atoms. The highest BCUT2D eigenvalue weighted by atomic mass is 16.5. The first-order valence-electron chi connectivity index (χ1n) is 13.8. The Morgan fingerprint density at radius 3 is 2.69 bits per heavy atom. The summed E-state index contributed by atoms with van der Waals surface area (Å²) >= 11 is 0. The predicted molar refractivity (Wildman–Crippen MR) is 128 cm³/mol. The van der Waals surface area contributed by atoms with E-state index in [1.165, 1.54) is 38.5 Å². The molecule has 2 heterocycles. The first-order chi connectivity index (χ1) is 15.2. The van der Waals surface area contributed by atoms with E-state index in [0.29, 0.717) is 29.3 Å². The summed E-state index contributed by atoms with van der Waals surface area (Å²) < 4.78 is 7.03. The number of allylic oxidation sites excluding steroid dienone is 1. The van der Waals surface area contributed by atoms with E-state index in [0.717, 1.165) is 55.9 Å². The molecule has 0 aromatic rings. The fourth-order valence-corrected chi connectivity index (χ4v) is 9.97. The van der Waals surface area contributed by atoms with Crippen molar-refractivity contribution in [3.63, 3.8) is 0 Å². The van der Waals surface area contributed by atoms with E-state index in [-0.39, 0.29) is 11.0 Å². The zero-order chi connectivity index (χ0) is 22.5. The van der Waals surface area contributed by atoms with E-state index >= 15 is 0 Å². The lowest BCUT2D eigenvalue weighted by atomic mass is 9.45. The van der Waals surface area contributed by atoms with Crippen molar-refractivity contribution in [2.24, 2.45) is 40.4 Å². The van der Waals surface area contributed by atoms with E-state index in [4.69, 9.17) is 4.74 Å². The van der Waals surface area contributed by atoms with Crippen LogP contribution in [0.5, 0.6) is 0 Å². The second-order valence-electron chi connectivity index (χ2n) is 13.6. The summed E-state index contributed by atoms with van der Waals surface area (Å²) in [5.74, 6) is 4.22. The van der Waals surface area contributed by atoms with Gasteiger partial charge < -0.3 is 10.1 Å². The van der Waals surface area contributed by atoms with Crippen molar-refractivity contribution < 1.29 is 9.53 Å². The monoisotopic (exact) mass is 439 g/mol. The van der Waals surface area contributed by atoms with Gasteiger partial charge in [0.1, 0.15) is 5.78 Å². The van der Waals surface area contributed by atoms with Gasteiger partial charge in [0.25, 0.3) is 0 Å². The van der Waals surface area contributed by atoms with Crippen molar-refractivity contribution in [2.75, 3.05) is 6.54 Å². The smallest absolute Gasteiger partial charge is 0.133 e. The minimum atomic E-state index is 0.0493. The highest BCUT2D eigenvalue weighted by Gasteiger charge is 2.62. The maximum atomic E-state index is 12.4. The van der Waals surface area contributed by atoms with Gasteiger partial charge >= 0.3 is 0 Å². The third-order valence-corrected chi connectivity index (χ3v) is 12.1. The van der Waals surface area contributed by atoms with Gasteiger partial charge in [-0.15, -0.1) is 0 Å². The van der Waals surface area contributed by atoms with E-state index in [1.54, 1.807) is 5.57 Å². The number of fused-ring (bicyclic) bond motifs is 6. The minimum Gasteiger partial charge on any atom is -0.369 e. The van der Waals surface area contributed by atoms with Crippen LogP contribution in [0.4, 0.5) is 0 Å². The van der Waals surface area contributed by atoms with Crippen molar-refractivity contribution >= 4 is 5.78 Å². The summed E-state index contributed by atoms with van der Waals surface area (Å²) in [6.45, 7) is 13.5. The summed E-state index contributed by atoms with van der Waals surface area (Å²) in [6, 6.07) is 0.545. The summed E-state index contributed by atoms with van der Waals surface area (Å²) in [5, 5.41) is 3.86. The lowest BCUT2D eigenvalue weighted by Gasteiger charge is -2.58. The van der Waals surface area contributed by atoms with Crippen LogP contribution >= 0.6 is 0 Å². The van der Waals surface area contributed by atoms with Crippen LogP contribution in [0.25, 0.3) is 0 Å². The van der Waals surface area contributed by atoms with Crippen LogP contribution < -0.4 is 5.32 Å². The Kier molecular flexibility index (Phi) is 4.89. The molecule has 3 nitrogen and oxygen atoms in total. The Bertz CT molecular complexity index is 848. The molecule has 0 aromatic carbocycles. The molecule has 3 heteroatoms. The number of carbonyl (C=O) groups excluding carboxylic acids is 1. The highest BCUT2D eigenvalue weighted by molar-refractivity contribution is 5.80. The number of nitrogens with one attached hydrogen (secondary N) is 1. The van der Waals surface area contributed by atoms with E-state index in [2.05, 4.69) is 39.9 Å². The molecule has 4 aliphatic carbocycles. The van der Waals surface area contributed by atoms with Gasteiger partial charge in [0.05, 0.1) is 11.7 Å². The molecular weight excluding hydrogens is 394 g/mol. The molecule has 5 fully saturated rings. The summed E-state index contributed by atoms with van der Waals surface area (Å²) in [7, 11) is 0. The maximum Gasteiger partial charge on any atom is 0.133 e. The van der Waals surface area contributed by atoms with Crippen LogP contribution in [0, 0.1) is 40.4 Å². The zero-order valence-corrected chi connectivity index (χ0v) is 21.1.